The summed E-state index contributed by atoms with van der Waals surface area (Å²) < 4.78 is 13.5. The molecule has 0 saturated carbocycles. The third-order valence-corrected chi connectivity index (χ3v) is 2.22. The van der Waals surface area contributed by atoms with Crippen molar-refractivity contribution in [2.45, 2.75) is 0 Å². The molecule has 0 bridgehead atoms. The largest absolute Gasteiger partial charge is 0.477 e. The Bertz CT molecular complexity index is 589. The summed E-state index contributed by atoms with van der Waals surface area (Å²) in [5.41, 5.74) is -0.166. The molecule has 0 radical (unpaired) electrons. The third kappa shape index (κ3) is 2.39. The Morgan fingerprint density at radius 1 is 1.29 bits per heavy atom. The van der Waals surface area contributed by atoms with Gasteiger partial charge in [-0.05, 0) is 12.1 Å². The summed E-state index contributed by atoms with van der Waals surface area (Å²) in [5.74, 6) is -1.83. The number of aromatic carboxylic acids is 1. The first-order valence-electron chi connectivity index (χ1n) is 4.60. The van der Waals surface area contributed by atoms with Gasteiger partial charge in [0.1, 0.15) is 11.0 Å². The van der Waals surface area contributed by atoms with Gasteiger partial charge in [-0.25, -0.2) is 19.2 Å². The van der Waals surface area contributed by atoms with Crippen molar-refractivity contribution in [1.29, 1.82) is 0 Å². The highest BCUT2D eigenvalue weighted by molar-refractivity contribution is 6.29. The van der Waals surface area contributed by atoms with Crippen molar-refractivity contribution in [3.05, 3.63) is 47.0 Å². The molecule has 4 nitrogen and oxygen atoms in total. The van der Waals surface area contributed by atoms with Gasteiger partial charge in [-0.3, -0.25) is 0 Å². The molecule has 17 heavy (non-hydrogen) atoms. The molecule has 0 spiro atoms. The zero-order valence-corrected chi connectivity index (χ0v) is 9.15. The fourth-order valence-corrected chi connectivity index (χ4v) is 1.47. The highest BCUT2D eigenvalue weighted by Crippen LogP contribution is 2.20. The first kappa shape index (κ1) is 11.5. The maximum Gasteiger partial charge on any atom is 0.354 e. The van der Waals surface area contributed by atoms with Gasteiger partial charge in [0, 0.05) is 6.07 Å². The molecule has 0 atom stereocenters. The van der Waals surface area contributed by atoms with Crippen molar-refractivity contribution in [1.82, 2.24) is 9.97 Å². The van der Waals surface area contributed by atoms with E-state index < -0.39 is 11.8 Å². The van der Waals surface area contributed by atoms with E-state index in [1.54, 1.807) is 6.07 Å². The molecule has 0 fully saturated rings. The third-order valence-electron chi connectivity index (χ3n) is 2.03. The molecule has 86 valence electrons. The molecule has 0 aliphatic carbocycles. The second-order valence-electron chi connectivity index (χ2n) is 3.18. The van der Waals surface area contributed by atoms with Crippen LogP contribution in [0.3, 0.4) is 0 Å². The highest BCUT2D eigenvalue weighted by atomic mass is 35.5. The van der Waals surface area contributed by atoms with Crippen LogP contribution in [0.15, 0.2) is 30.3 Å². The Morgan fingerprint density at radius 3 is 2.65 bits per heavy atom. The lowest BCUT2D eigenvalue weighted by molar-refractivity contribution is 0.0690. The quantitative estimate of drug-likeness (QED) is 0.835. The van der Waals surface area contributed by atoms with Crippen LogP contribution >= 0.6 is 11.6 Å². The number of benzene rings is 1. The SMILES string of the molecule is O=C(O)c1cc(Cl)nc(-c2ccccc2F)n1. The first-order valence-corrected chi connectivity index (χ1v) is 4.98. The van der Waals surface area contributed by atoms with Crippen LogP contribution in [0.25, 0.3) is 11.4 Å². The van der Waals surface area contributed by atoms with Gasteiger partial charge < -0.3 is 5.11 Å². The molecule has 2 rings (SSSR count). The number of nitrogens with zero attached hydrogens (tertiary/aromatic N) is 2. The second-order valence-corrected chi connectivity index (χ2v) is 3.57. The van der Waals surface area contributed by atoms with E-state index in [0.29, 0.717) is 0 Å². The minimum Gasteiger partial charge on any atom is -0.477 e. The molecule has 0 amide bonds. The van der Waals surface area contributed by atoms with Gasteiger partial charge in [0.05, 0.1) is 5.56 Å². The fourth-order valence-electron chi connectivity index (χ4n) is 1.29. The average molecular weight is 253 g/mol. The molecule has 1 aromatic carbocycles. The topological polar surface area (TPSA) is 63.1 Å². The molecule has 6 heteroatoms. The second kappa shape index (κ2) is 4.47. The number of carboxylic acid groups (broad SMARTS) is 1. The summed E-state index contributed by atoms with van der Waals surface area (Å²) >= 11 is 5.66. The smallest absolute Gasteiger partial charge is 0.354 e. The van der Waals surface area contributed by atoms with Gasteiger partial charge in [-0.15, -0.1) is 0 Å². The zero-order valence-electron chi connectivity index (χ0n) is 8.39. The van der Waals surface area contributed by atoms with E-state index in [4.69, 9.17) is 16.7 Å². The van der Waals surface area contributed by atoms with Crippen molar-refractivity contribution in [2.24, 2.45) is 0 Å². The van der Waals surface area contributed by atoms with Gasteiger partial charge in [0.15, 0.2) is 11.5 Å². The van der Waals surface area contributed by atoms with Gasteiger partial charge in [0.25, 0.3) is 0 Å². The van der Waals surface area contributed by atoms with Crippen LogP contribution in [0, 0.1) is 5.82 Å². The summed E-state index contributed by atoms with van der Waals surface area (Å²) in [6.45, 7) is 0. The molecular formula is C11H6ClFN2O2. The predicted molar refractivity (Wildman–Crippen MR) is 59.4 cm³/mol. The molecule has 0 unspecified atom stereocenters. The molecule has 1 aromatic heterocycles. The van der Waals surface area contributed by atoms with E-state index in [1.165, 1.54) is 18.2 Å². The molecule has 1 heterocycles. The lowest BCUT2D eigenvalue weighted by Gasteiger charge is -2.03. The number of hydrogen-bond donors (Lipinski definition) is 1. The fraction of sp³-hybridized carbons (Fsp3) is 0. The van der Waals surface area contributed by atoms with Crippen LogP contribution in [0.5, 0.6) is 0 Å². The van der Waals surface area contributed by atoms with E-state index in [9.17, 15) is 9.18 Å². The minimum absolute atomic E-state index is 0.0457. The zero-order chi connectivity index (χ0) is 12.4. The summed E-state index contributed by atoms with van der Waals surface area (Å²) in [6.07, 6.45) is 0. The Kier molecular flexibility index (Phi) is 3.01. The highest BCUT2D eigenvalue weighted by Gasteiger charge is 2.13. The Morgan fingerprint density at radius 2 is 2.00 bits per heavy atom. The monoisotopic (exact) mass is 252 g/mol. The lowest BCUT2D eigenvalue weighted by atomic mass is 10.2. The normalized spacial score (nSPS) is 10.2. The summed E-state index contributed by atoms with van der Waals surface area (Å²) in [5, 5.41) is 8.76. The number of carboxylic acids is 1. The summed E-state index contributed by atoms with van der Waals surface area (Å²) in [4.78, 5) is 18.3. The van der Waals surface area contributed by atoms with Crippen LogP contribution in [0.2, 0.25) is 5.15 Å². The van der Waals surface area contributed by atoms with Crippen LogP contribution in [-0.2, 0) is 0 Å². The Balaban J connectivity index is 2.60. The minimum atomic E-state index is -1.24. The number of carbonyl (C=O) groups is 1. The maximum atomic E-state index is 13.5. The van der Waals surface area contributed by atoms with E-state index in [-0.39, 0.29) is 22.2 Å². The maximum absolute atomic E-state index is 13.5. The number of halogens is 2. The van der Waals surface area contributed by atoms with Crippen LogP contribution in [-0.4, -0.2) is 21.0 Å². The van der Waals surface area contributed by atoms with Crippen LogP contribution < -0.4 is 0 Å². The molecule has 0 aliphatic rings. The molecule has 0 aliphatic heterocycles. The van der Waals surface area contributed by atoms with E-state index >= 15 is 0 Å². The Hall–Kier alpha value is -2.01. The standard InChI is InChI=1S/C11H6ClFN2O2/c12-9-5-8(11(16)17)14-10(15-9)6-3-1-2-4-7(6)13/h1-5H,(H,16,17). The average Bonchev–Trinajstić information content (AvgIpc) is 2.28. The van der Waals surface area contributed by atoms with Crippen molar-refractivity contribution in [3.8, 4) is 11.4 Å². The summed E-state index contributed by atoms with van der Waals surface area (Å²) in [7, 11) is 0. The first-order chi connectivity index (χ1) is 8.08. The van der Waals surface area contributed by atoms with Crippen molar-refractivity contribution in [2.75, 3.05) is 0 Å². The van der Waals surface area contributed by atoms with Gasteiger partial charge in [0.2, 0.25) is 0 Å². The summed E-state index contributed by atoms with van der Waals surface area (Å²) in [6, 6.07) is 6.91. The van der Waals surface area contributed by atoms with Gasteiger partial charge in [-0.1, -0.05) is 23.7 Å². The molecular weight excluding hydrogens is 247 g/mol. The molecule has 2 aromatic rings. The van der Waals surface area contributed by atoms with E-state index in [2.05, 4.69) is 9.97 Å². The van der Waals surface area contributed by atoms with E-state index in [0.717, 1.165) is 6.07 Å². The molecule has 0 saturated heterocycles. The van der Waals surface area contributed by atoms with Crippen LogP contribution in [0.4, 0.5) is 4.39 Å². The lowest BCUT2D eigenvalue weighted by Crippen LogP contribution is -2.03. The van der Waals surface area contributed by atoms with Gasteiger partial charge in [-0.2, -0.15) is 0 Å². The van der Waals surface area contributed by atoms with Gasteiger partial charge >= 0.3 is 5.97 Å². The van der Waals surface area contributed by atoms with Crippen LogP contribution in [0.1, 0.15) is 10.5 Å². The molecule has 1 N–H and O–H groups in total. The van der Waals surface area contributed by atoms with E-state index in [1.807, 2.05) is 0 Å². The Labute approximate surface area is 101 Å². The number of rotatable bonds is 2. The number of hydrogen-bond acceptors (Lipinski definition) is 3. The number of aromatic nitrogens is 2. The van der Waals surface area contributed by atoms with Crippen molar-refractivity contribution in [3.63, 3.8) is 0 Å². The van der Waals surface area contributed by atoms with Crippen molar-refractivity contribution >= 4 is 17.6 Å². The van der Waals surface area contributed by atoms with Crippen molar-refractivity contribution < 1.29 is 14.3 Å². The predicted octanol–water partition coefficient (Wildman–Crippen LogP) is 2.63.